The van der Waals surface area contributed by atoms with E-state index in [2.05, 4.69) is 33.9 Å². The molecule has 0 atom stereocenters. The molecule has 0 saturated carbocycles. The number of thioether (sulfide) groups is 2. The van der Waals surface area contributed by atoms with Gasteiger partial charge in [0.15, 0.2) is 10.8 Å². The lowest BCUT2D eigenvalue weighted by atomic mass is 10.5. The van der Waals surface area contributed by atoms with Gasteiger partial charge in [-0.05, 0) is 33.3 Å². The van der Waals surface area contributed by atoms with Crippen LogP contribution in [0.3, 0.4) is 0 Å². The van der Waals surface area contributed by atoms with Crippen molar-refractivity contribution in [2.24, 2.45) is 7.05 Å². The van der Waals surface area contributed by atoms with Crippen molar-refractivity contribution in [2.75, 3.05) is 32.6 Å². The van der Waals surface area contributed by atoms with Crippen molar-refractivity contribution in [1.82, 2.24) is 24.4 Å². The topological polar surface area (TPSA) is 46.8 Å². The molecule has 0 spiro atoms. The first kappa shape index (κ1) is 14.6. The first-order valence-electron chi connectivity index (χ1n) is 6.12. The van der Waals surface area contributed by atoms with Crippen molar-refractivity contribution < 1.29 is 0 Å². The molecular formula is C12H19N5S2. The average Bonchev–Trinajstić information content (AvgIpc) is 2.76. The predicted octanol–water partition coefficient (Wildman–Crippen LogP) is 2.13. The first-order chi connectivity index (χ1) is 9.11. The van der Waals surface area contributed by atoms with Gasteiger partial charge in [-0.25, -0.2) is 15.0 Å². The Morgan fingerprint density at radius 3 is 2.79 bits per heavy atom. The zero-order valence-corrected chi connectivity index (χ0v) is 13.4. The number of imidazole rings is 1. The fourth-order valence-electron chi connectivity index (χ4n) is 1.74. The van der Waals surface area contributed by atoms with Crippen LogP contribution < -0.4 is 0 Å². The number of nitrogens with zero attached hydrogens (tertiary/aromatic N) is 5. The second-order valence-electron chi connectivity index (χ2n) is 4.55. The normalized spacial score (nSPS) is 11.6. The second kappa shape index (κ2) is 6.58. The number of aromatic nitrogens is 4. The molecule has 0 amide bonds. The molecule has 0 bridgehead atoms. The SMILES string of the molecule is CSc1nc(SCCCN(C)C)c2c(ncn2C)n1. The lowest BCUT2D eigenvalue weighted by molar-refractivity contribution is 0.410. The van der Waals surface area contributed by atoms with Crippen LogP contribution in [0.15, 0.2) is 16.5 Å². The molecule has 0 N–H and O–H groups in total. The van der Waals surface area contributed by atoms with E-state index < -0.39 is 0 Å². The minimum absolute atomic E-state index is 0.789. The van der Waals surface area contributed by atoms with Crippen molar-refractivity contribution in [3.8, 4) is 0 Å². The van der Waals surface area contributed by atoms with E-state index in [1.165, 1.54) is 0 Å². The van der Waals surface area contributed by atoms with Gasteiger partial charge in [0.25, 0.3) is 0 Å². The van der Waals surface area contributed by atoms with Crippen molar-refractivity contribution in [3.05, 3.63) is 6.33 Å². The molecule has 0 saturated heterocycles. The Morgan fingerprint density at radius 2 is 2.11 bits per heavy atom. The molecule has 0 fully saturated rings. The van der Waals surface area contributed by atoms with E-state index in [0.29, 0.717) is 0 Å². The summed E-state index contributed by atoms with van der Waals surface area (Å²) in [6, 6.07) is 0. The third kappa shape index (κ3) is 3.61. The molecule has 0 aromatic carbocycles. The summed E-state index contributed by atoms with van der Waals surface area (Å²) >= 11 is 3.35. The number of rotatable bonds is 6. The van der Waals surface area contributed by atoms with E-state index in [1.807, 2.05) is 17.9 Å². The van der Waals surface area contributed by atoms with Crippen molar-refractivity contribution in [1.29, 1.82) is 0 Å². The van der Waals surface area contributed by atoms with Crippen LogP contribution in [0.4, 0.5) is 0 Å². The van der Waals surface area contributed by atoms with Crippen LogP contribution in [-0.4, -0.2) is 57.1 Å². The van der Waals surface area contributed by atoms with Gasteiger partial charge in [-0.15, -0.1) is 11.8 Å². The molecule has 2 aromatic rings. The van der Waals surface area contributed by atoms with Crippen LogP contribution in [0.25, 0.3) is 11.2 Å². The number of aryl methyl sites for hydroxylation is 1. The summed E-state index contributed by atoms with van der Waals surface area (Å²) in [6.07, 6.45) is 4.94. The lowest BCUT2D eigenvalue weighted by Gasteiger charge is -2.09. The average molecular weight is 297 g/mol. The Balaban J connectivity index is 2.17. The minimum Gasteiger partial charge on any atom is -0.330 e. The molecule has 5 nitrogen and oxygen atoms in total. The maximum absolute atomic E-state index is 4.61. The highest BCUT2D eigenvalue weighted by molar-refractivity contribution is 7.99. The molecule has 104 valence electrons. The Kier molecular flexibility index (Phi) is 5.06. The van der Waals surface area contributed by atoms with Crippen molar-refractivity contribution in [2.45, 2.75) is 16.6 Å². The maximum atomic E-state index is 4.61. The largest absolute Gasteiger partial charge is 0.330 e. The maximum Gasteiger partial charge on any atom is 0.190 e. The molecule has 0 aliphatic heterocycles. The molecule has 0 unspecified atom stereocenters. The van der Waals surface area contributed by atoms with E-state index in [1.54, 1.807) is 29.9 Å². The summed E-state index contributed by atoms with van der Waals surface area (Å²) in [5, 5.41) is 1.83. The van der Waals surface area contributed by atoms with Crippen LogP contribution in [0.5, 0.6) is 0 Å². The van der Waals surface area contributed by atoms with Gasteiger partial charge in [-0.1, -0.05) is 11.8 Å². The Morgan fingerprint density at radius 1 is 1.32 bits per heavy atom. The highest BCUT2D eigenvalue weighted by Gasteiger charge is 2.12. The summed E-state index contributed by atoms with van der Waals surface area (Å²) in [5.41, 5.74) is 1.82. The first-order valence-corrected chi connectivity index (χ1v) is 8.33. The molecule has 2 rings (SSSR count). The van der Waals surface area contributed by atoms with Gasteiger partial charge in [-0.2, -0.15) is 0 Å². The monoisotopic (exact) mass is 297 g/mol. The second-order valence-corrected chi connectivity index (χ2v) is 6.41. The van der Waals surface area contributed by atoms with Crippen LogP contribution in [0.1, 0.15) is 6.42 Å². The van der Waals surface area contributed by atoms with Gasteiger partial charge in [-0.3, -0.25) is 0 Å². The molecular weight excluding hydrogens is 278 g/mol. The van der Waals surface area contributed by atoms with Crippen LogP contribution in [-0.2, 0) is 7.05 Å². The quantitative estimate of drug-likeness (QED) is 0.352. The van der Waals surface area contributed by atoms with Gasteiger partial charge >= 0.3 is 0 Å². The summed E-state index contributed by atoms with van der Waals surface area (Å²) in [7, 11) is 6.18. The van der Waals surface area contributed by atoms with Gasteiger partial charge < -0.3 is 9.47 Å². The van der Waals surface area contributed by atoms with Crippen LogP contribution in [0.2, 0.25) is 0 Å². The predicted molar refractivity (Wildman–Crippen MR) is 82.0 cm³/mol. The fraction of sp³-hybridized carbons (Fsp3) is 0.583. The van der Waals surface area contributed by atoms with E-state index in [0.717, 1.165) is 40.1 Å². The van der Waals surface area contributed by atoms with E-state index in [4.69, 9.17) is 0 Å². The third-order valence-electron chi connectivity index (χ3n) is 2.69. The molecule has 0 radical (unpaired) electrons. The highest BCUT2D eigenvalue weighted by atomic mass is 32.2. The molecule has 19 heavy (non-hydrogen) atoms. The van der Waals surface area contributed by atoms with E-state index in [-0.39, 0.29) is 0 Å². The Labute approximate surface area is 122 Å². The van der Waals surface area contributed by atoms with Crippen LogP contribution >= 0.6 is 23.5 Å². The van der Waals surface area contributed by atoms with Gasteiger partial charge in [0.2, 0.25) is 0 Å². The van der Waals surface area contributed by atoms with E-state index in [9.17, 15) is 0 Å². The third-order valence-corrected chi connectivity index (χ3v) is 4.29. The molecule has 0 aliphatic rings. The number of hydrogen-bond donors (Lipinski definition) is 0. The fourth-order valence-corrected chi connectivity index (χ4v) is 3.15. The van der Waals surface area contributed by atoms with Crippen molar-refractivity contribution in [3.63, 3.8) is 0 Å². The molecule has 2 aromatic heterocycles. The molecule has 7 heteroatoms. The summed E-state index contributed by atoms with van der Waals surface area (Å²) < 4.78 is 1.99. The molecule has 0 aliphatic carbocycles. The van der Waals surface area contributed by atoms with Crippen molar-refractivity contribution >= 4 is 34.7 Å². The highest BCUT2D eigenvalue weighted by Crippen LogP contribution is 2.27. The zero-order chi connectivity index (χ0) is 13.8. The van der Waals surface area contributed by atoms with Gasteiger partial charge in [0.05, 0.1) is 6.33 Å². The lowest BCUT2D eigenvalue weighted by Crippen LogP contribution is -2.13. The smallest absolute Gasteiger partial charge is 0.190 e. The van der Waals surface area contributed by atoms with Gasteiger partial charge in [0.1, 0.15) is 10.5 Å². The minimum atomic E-state index is 0.789. The summed E-state index contributed by atoms with van der Waals surface area (Å²) in [4.78, 5) is 15.6. The van der Waals surface area contributed by atoms with Crippen LogP contribution in [0, 0.1) is 0 Å². The Bertz CT molecular complexity index is 552. The number of hydrogen-bond acceptors (Lipinski definition) is 6. The Hall–Kier alpha value is -0.790. The zero-order valence-electron chi connectivity index (χ0n) is 11.8. The standard InChI is InChI=1S/C12H19N5S2/c1-16(2)6-5-7-19-11-9-10(13-8-17(9)3)14-12(15-11)18-4/h8H,5-7H2,1-4H3. The molecule has 2 heterocycles. The van der Waals surface area contributed by atoms with E-state index >= 15 is 0 Å². The number of fused-ring (bicyclic) bond motifs is 1. The summed E-state index contributed by atoms with van der Waals surface area (Å²) in [6.45, 7) is 1.10. The van der Waals surface area contributed by atoms with Gasteiger partial charge in [0, 0.05) is 12.8 Å². The summed E-state index contributed by atoms with van der Waals surface area (Å²) in [5.74, 6) is 1.06.